The van der Waals surface area contributed by atoms with Gasteiger partial charge in [-0.05, 0) is 24.6 Å². The number of amides is 1. The summed E-state index contributed by atoms with van der Waals surface area (Å²) in [4.78, 5) is 25.7. The van der Waals surface area contributed by atoms with E-state index in [-0.39, 0.29) is 18.3 Å². The van der Waals surface area contributed by atoms with Crippen LogP contribution in [0.4, 0.5) is 0 Å². The third-order valence-electron chi connectivity index (χ3n) is 4.14. The smallest absolute Gasteiger partial charge is 0.316 e. The van der Waals surface area contributed by atoms with Gasteiger partial charge in [0.2, 0.25) is 0 Å². The molecule has 3 aromatic rings. The van der Waals surface area contributed by atoms with Gasteiger partial charge in [0, 0.05) is 20.1 Å². The van der Waals surface area contributed by atoms with Crippen LogP contribution >= 0.6 is 11.8 Å². The van der Waals surface area contributed by atoms with Crippen molar-refractivity contribution in [3.63, 3.8) is 0 Å². The van der Waals surface area contributed by atoms with Gasteiger partial charge in [-0.3, -0.25) is 14.2 Å². The van der Waals surface area contributed by atoms with E-state index < -0.39 is 5.97 Å². The average molecular weight is 414 g/mol. The van der Waals surface area contributed by atoms with Crippen molar-refractivity contribution in [3.05, 3.63) is 54.3 Å². The van der Waals surface area contributed by atoms with E-state index in [1.165, 1.54) is 16.7 Å². The first kappa shape index (κ1) is 20.7. The number of likely N-dealkylation sites (N-methyl/N-ethyl adjacent to an activating group) is 1. The van der Waals surface area contributed by atoms with Crippen LogP contribution in [-0.2, 0) is 27.4 Å². The van der Waals surface area contributed by atoms with Crippen molar-refractivity contribution in [2.75, 3.05) is 19.4 Å². The highest BCUT2D eigenvalue weighted by molar-refractivity contribution is 7.99. The molecule has 0 aliphatic heterocycles. The molecule has 2 aromatic heterocycles. The lowest BCUT2D eigenvalue weighted by atomic mass is 10.2. The Hall–Kier alpha value is -3.07. The molecule has 2 heterocycles. The fourth-order valence-electron chi connectivity index (χ4n) is 2.63. The molecule has 8 nitrogen and oxygen atoms in total. The molecule has 0 spiro atoms. The summed E-state index contributed by atoms with van der Waals surface area (Å²) in [6.45, 7) is 2.75. The Morgan fingerprint density at radius 3 is 2.66 bits per heavy atom. The molecular weight excluding hydrogens is 392 g/mol. The monoisotopic (exact) mass is 414 g/mol. The van der Waals surface area contributed by atoms with Crippen LogP contribution < -0.4 is 0 Å². The van der Waals surface area contributed by atoms with E-state index in [1.54, 1.807) is 25.4 Å². The van der Waals surface area contributed by atoms with Gasteiger partial charge in [0.05, 0.1) is 12.0 Å². The number of hydrogen-bond acceptors (Lipinski definition) is 7. The molecule has 0 fully saturated rings. The molecule has 1 amide bonds. The number of furan rings is 1. The lowest BCUT2D eigenvalue weighted by molar-refractivity contribution is -0.149. The van der Waals surface area contributed by atoms with Crippen molar-refractivity contribution in [1.82, 2.24) is 19.7 Å². The van der Waals surface area contributed by atoms with Crippen LogP contribution in [0.25, 0.3) is 11.6 Å². The lowest BCUT2D eigenvalue weighted by Gasteiger charge is -2.17. The number of nitrogens with zero attached hydrogens (tertiary/aromatic N) is 4. The zero-order chi connectivity index (χ0) is 20.6. The average Bonchev–Trinajstić information content (AvgIpc) is 3.40. The maximum Gasteiger partial charge on any atom is 0.316 e. The summed E-state index contributed by atoms with van der Waals surface area (Å²) in [6, 6.07) is 13.2. The van der Waals surface area contributed by atoms with Crippen LogP contribution in [0, 0.1) is 0 Å². The van der Waals surface area contributed by atoms with Crippen LogP contribution in [0.5, 0.6) is 0 Å². The number of hydrogen-bond donors (Lipinski definition) is 0. The van der Waals surface area contributed by atoms with Gasteiger partial charge in [-0.15, -0.1) is 10.2 Å². The second kappa shape index (κ2) is 9.92. The Bertz CT molecular complexity index is 941. The number of carbonyl (C=O) groups is 2. The van der Waals surface area contributed by atoms with Gasteiger partial charge in [0.25, 0.3) is 5.91 Å². The van der Waals surface area contributed by atoms with Gasteiger partial charge in [-0.2, -0.15) is 0 Å². The minimum atomic E-state index is -0.485. The second-order valence-electron chi connectivity index (χ2n) is 6.21. The van der Waals surface area contributed by atoms with Crippen LogP contribution in [0.2, 0.25) is 0 Å². The minimum absolute atomic E-state index is 0.0337. The largest absolute Gasteiger partial charge is 0.461 e. The van der Waals surface area contributed by atoms with Crippen LogP contribution in [0.1, 0.15) is 12.5 Å². The van der Waals surface area contributed by atoms with E-state index in [2.05, 4.69) is 10.2 Å². The standard InChI is InChI=1S/C20H22N4O4S/c1-3-24-19(16-10-7-11-27-16)21-22-20(24)29-14-18(26)28-13-17(25)23(2)12-15-8-5-4-6-9-15/h4-11H,3,12-14H2,1-2H3. The Balaban J connectivity index is 1.47. The van der Waals surface area contributed by atoms with E-state index in [9.17, 15) is 9.59 Å². The molecule has 0 atom stereocenters. The van der Waals surface area contributed by atoms with E-state index in [0.717, 1.165) is 5.56 Å². The van der Waals surface area contributed by atoms with Crippen LogP contribution in [0.15, 0.2) is 58.3 Å². The predicted octanol–water partition coefficient (Wildman–Crippen LogP) is 2.85. The molecule has 29 heavy (non-hydrogen) atoms. The number of benzene rings is 1. The van der Waals surface area contributed by atoms with Crippen molar-refractivity contribution in [1.29, 1.82) is 0 Å². The number of rotatable bonds is 9. The molecule has 0 N–H and O–H groups in total. The number of esters is 1. The number of thioether (sulfide) groups is 1. The number of ether oxygens (including phenoxy) is 1. The maximum absolute atomic E-state index is 12.2. The lowest BCUT2D eigenvalue weighted by Crippen LogP contribution is -2.31. The van der Waals surface area contributed by atoms with Gasteiger partial charge in [-0.25, -0.2) is 0 Å². The van der Waals surface area contributed by atoms with E-state index in [0.29, 0.717) is 29.8 Å². The topological polar surface area (TPSA) is 90.5 Å². The highest BCUT2D eigenvalue weighted by Crippen LogP contribution is 2.24. The van der Waals surface area contributed by atoms with E-state index >= 15 is 0 Å². The Morgan fingerprint density at radius 2 is 1.97 bits per heavy atom. The Kier molecular flexibility index (Phi) is 7.07. The molecule has 152 valence electrons. The maximum atomic E-state index is 12.2. The Labute approximate surface area is 172 Å². The number of carbonyl (C=O) groups excluding carboxylic acids is 2. The second-order valence-corrected chi connectivity index (χ2v) is 7.15. The predicted molar refractivity (Wildman–Crippen MR) is 108 cm³/mol. The van der Waals surface area contributed by atoms with Crippen LogP contribution in [0.3, 0.4) is 0 Å². The zero-order valence-electron chi connectivity index (χ0n) is 16.3. The van der Waals surface area contributed by atoms with Crippen molar-refractivity contribution in [2.24, 2.45) is 0 Å². The summed E-state index contributed by atoms with van der Waals surface area (Å²) in [7, 11) is 1.68. The van der Waals surface area contributed by atoms with E-state index in [1.807, 2.05) is 41.8 Å². The van der Waals surface area contributed by atoms with E-state index in [4.69, 9.17) is 9.15 Å². The highest BCUT2D eigenvalue weighted by atomic mass is 32.2. The first-order valence-corrected chi connectivity index (χ1v) is 10.1. The molecule has 1 aromatic carbocycles. The van der Waals surface area contributed by atoms with Crippen molar-refractivity contribution < 1.29 is 18.7 Å². The van der Waals surface area contributed by atoms with Crippen molar-refractivity contribution in [3.8, 4) is 11.6 Å². The third kappa shape index (κ3) is 5.47. The minimum Gasteiger partial charge on any atom is -0.461 e. The van der Waals surface area contributed by atoms with Gasteiger partial charge in [-0.1, -0.05) is 42.1 Å². The summed E-state index contributed by atoms with van der Waals surface area (Å²) in [6.07, 6.45) is 1.57. The summed E-state index contributed by atoms with van der Waals surface area (Å²) >= 11 is 1.21. The molecule has 0 radical (unpaired) electrons. The molecule has 0 unspecified atom stereocenters. The Morgan fingerprint density at radius 1 is 1.17 bits per heavy atom. The first-order chi connectivity index (χ1) is 14.1. The molecular formula is C20H22N4O4S. The highest BCUT2D eigenvalue weighted by Gasteiger charge is 2.17. The fourth-order valence-corrected chi connectivity index (χ4v) is 3.43. The molecule has 0 aliphatic carbocycles. The molecule has 3 rings (SSSR count). The molecule has 0 aliphatic rings. The van der Waals surface area contributed by atoms with Gasteiger partial charge < -0.3 is 14.1 Å². The fraction of sp³-hybridized carbons (Fsp3) is 0.300. The molecule has 0 saturated heterocycles. The van der Waals surface area contributed by atoms with Gasteiger partial charge >= 0.3 is 5.97 Å². The molecule has 0 saturated carbocycles. The van der Waals surface area contributed by atoms with Gasteiger partial charge in [0.15, 0.2) is 23.3 Å². The molecule has 0 bridgehead atoms. The van der Waals surface area contributed by atoms with Crippen molar-refractivity contribution >= 4 is 23.6 Å². The molecule has 9 heteroatoms. The number of aromatic nitrogens is 3. The quantitative estimate of drug-likeness (QED) is 0.393. The summed E-state index contributed by atoms with van der Waals surface area (Å²) in [5.74, 6) is 0.504. The van der Waals surface area contributed by atoms with Crippen molar-refractivity contribution in [2.45, 2.75) is 25.2 Å². The summed E-state index contributed by atoms with van der Waals surface area (Å²) in [5.41, 5.74) is 1.01. The van der Waals surface area contributed by atoms with Crippen LogP contribution in [-0.4, -0.2) is 50.9 Å². The summed E-state index contributed by atoms with van der Waals surface area (Å²) in [5, 5.41) is 8.83. The first-order valence-electron chi connectivity index (χ1n) is 9.12. The third-order valence-corrected chi connectivity index (χ3v) is 5.08. The summed E-state index contributed by atoms with van der Waals surface area (Å²) < 4.78 is 12.3. The SMILES string of the molecule is CCn1c(SCC(=O)OCC(=O)N(C)Cc2ccccc2)nnc1-c1ccco1. The normalized spacial score (nSPS) is 10.7. The van der Waals surface area contributed by atoms with Gasteiger partial charge in [0.1, 0.15) is 0 Å². The zero-order valence-corrected chi connectivity index (χ0v) is 17.1.